The van der Waals surface area contributed by atoms with Gasteiger partial charge in [-0.25, -0.2) is 4.98 Å². The monoisotopic (exact) mass is 428 g/mol. The smallest absolute Gasteiger partial charge is 0.156 e. The highest BCUT2D eigenvalue weighted by Gasteiger charge is 2.62. The summed E-state index contributed by atoms with van der Waals surface area (Å²) in [5, 5.41) is 11.0. The van der Waals surface area contributed by atoms with E-state index in [0.29, 0.717) is 36.2 Å². The van der Waals surface area contributed by atoms with Crippen LogP contribution in [0, 0.1) is 40.4 Å². The largest absolute Gasteiger partial charge is 0.387 e. The predicted octanol–water partition coefficient (Wildman–Crippen LogP) is 4.49. The molecule has 31 heavy (non-hydrogen) atoms. The Morgan fingerprint density at radius 1 is 1.10 bits per heavy atom. The van der Waals surface area contributed by atoms with Crippen molar-refractivity contribution >= 4 is 5.78 Å². The van der Waals surface area contributed by atoms with E-state index in [9.17, 15) is 9.90 Å². The van der Waals surface area contributed by atoms with Gasteiger partial charge in [0.15, 0.2) is 5.78 Å². The van der Waals surface area contributed by atoms with E-state index in [0.717, 1.165) is 37.5 Å². The second-order valence-electron chi connectivity index (χ2n) is 11.9. The quantitative estimate of drug-likeness (QED) is 0.751. The highest BCUT2D eigenvalue weighted by Crippen LogP contribution is 2.68. The Morgan fingerprint density at radius 3 is 2.65 bits per heavy atom. The van der Waals surface area contributed by atoms with E-state index in [4.69, 9.17) is 4.74 Å². The molecule has 1 aromatic rings. The molecule has 0 amide bonds. The molecule has 8 atom stereocenters. The Morgan fingerprint density at radius 2 is 1.90 bits per heavy atom. The molecular formula is C26H40N2O3. The van der Waals surface area contributed by atoms with Crippen molar-refractivity contribution in [1.29, 1.82) is 0 Å². The number of nitrogens with zero attached hydrogens (tertiary/aromatic N) is 2. The van der Waals surface area contributed by atoms with Crippen LogP contribution in [0.2, 0.25) is 0 Å². The molecule has 0 aliphatic heterocycles. The van der Waals surface area contributed by atoms with Crippen molar-refractivity contribution in [1.82, 2.24) is 9.55 Å². The summed E-state index contributed by atoms with van der Waals surface area (Å²) in [6, 6.07) is 0. The van der Waals surface area contributed by atoms with Crippen molar-refractivity contribution in [3.8, 4) is 0 Å². The SMILES string of the molecule is COCC1(O)CCC2(C)C(CCC3C2CCC2(C)C(C(=O)Cn4ccnc4)CCC32)C1. The molecule has 4 aliphatic rings. The Hall–Kier alpha value is -1.20. The number of imidazole rings is 1. The molecule has 0 saturated heterocycles. The highest BCUT2D eigenvalue weighted by molar-refractivity contribution is 5.82. The maximum absolute atomic E-state index is 13.3. The summed E-state index contributed by atoms with van der Waals surface area (Å²) < 4.78 is 7.29. The van der Waals surface area contributed by atoms with Crippen LogP contribution in [0.3, 0.4) is 0 Å². The molecule has 4 fully saturated rings. The summed E-state index contributed by atoms with van der Waals surface area (Å²) in [6.07, 6.45) is 15.5. The van der Waals surface area contributed by atoms with Gasteiger partial charge in [-0.05, 0) is 92.3 Å². The number of carbonyl (C=O) groups is 1. The summed E-state index contributed by atoms with van der Waals surface area (Å²) >= 11 is 0. The second-order valence-corrected chi connectivity index (χ2v) is 11.9. The average Bonchev–Trinajstić information content (AvgIpc) is 3.35. The van der Waals surface area contributed by atoms with Gasteiger partial charge in [0.2, 0.25) is 0 Å². The van der Waals surface area contributed by atoms with Gasteiger partial charge in [0.05, 0.1) is 25.1 Å². The van der Waals surface area contributed by atoms with Crippen molar-refractivity contribution in [3.63, 3.8) is 0 Å². The molecule has 5 rings (SSSR count). The Balaban J connectivity index is 1.33. The van der Waals surface area contributed by atoms with Crippen LogP contribution in [0.5, 0.6) is 0 Å². The zero-order valence-electron chi connectivity index (χ0n) is 19.6. The second kappa shape index (κ2) is 7.69. The van der Waals surface area contributed by atoms with Gasteiger partial charge in [-0.1, -0.05) is 13.8 Å². The molecule has 1 aromatic heterocycles. The van der Waals surface area contributed by atoms with Crippen LogP contribution in [0.25, 0.3) is 0 Å². The number of fused-ring (bicyclic) bond motifs is 5. The van der Waals surface area contributed by atoms with E-state index in [1.54, 1.807) is 19.6 Å². The minimum Gasteiger partial charge on any atom is -0.387 e. The zero-order valence-corrected chi connectivity index (χ0v) is 19.6. The molecule has 5 nitrogen and oxygen atoms in total. The van der Waals surface area contributed by atoms with Gasteiger partial charge in [0, 0.05) is 25.4 Å². The van der Waals surface area contributed by atoms with Gasteiger partial charge in [0.25, 0.3) is 0 Å². The number of aromatic nitrogens is 2. The van der Waals surface area contributed by atoms with Crippen LogP contribution in [0.4, 0.5) is 0 Å². The van der Waals surface area contributed by atoms with E-state index in [1.807, 2.05) is 10.8 Å². The number of ketones is 1. The van der Waals surface area contributed by atoms with E-state index in [1.165, 1.54) is 32.1 Å². The van der Waals surface area contributed by atoms with E-state index in [2.05, 4.69) is 18.8 Å². The van der Waals surface area contributed by atoms with Crippen molar-refractivity contribution in [3.05, 3.63) is 18.7 Å². The molecule has 8 unspecified atom stereocenters. The lowest BCUT2D eigenvalue weighted by atomic mass is 9.44. The summed E-state index contributed by atoms with van der Waals surface area (Å²) in [6.45, 7) is 5.90. The first kappa shape index (κ1) is 21.6. The summed E-state index contributed by atoms with van der Waals surface area (Å²) in [4.78, 5) is 17.4. The molecule has 0 radical (unpaired) electrons. The Labute approximate surface area is 187 Å². The van der Waals surface area contributed by atoms with Gasteiger partial charge >= 0.3 is 0 Å². The van der Waals surface area contributed by atoms with Crippen LogP contribution < -0.4 is 0 Å². The fourth-order valence-electron chi connectivity index (χ4n) is 8.92. The molecule has 4 saturated carbocycles. The van der Waals surface area contributed by atoms with E-state index < -0.39 is 5.60 Å². The lowest BCUT2D eigenvalue weighted by Crippen LogP contribution is -2.56. The van der Waals surface area contributed by atoms with Gasteiger partial charge in [-0.15, -0.1) is 0 Å². The van der Waals surface area contributed by atoms with Gasteiger partial charge in [-0.3, -0.25) is 4.79 Å². The van der Waals surface area contributed by atoms with Gasteiger partial charge in [0.1, 0.15) is 0 Å². The number of hydrogen-bond donors (Lipinski definition) is 1. The van der Waals surface area contributed by atoms with Crippen LogP contribution in [0.15, 0.2) is 18.7 Å². The molecule has 0 bridgehead atoms. The number of hydrogen-bond acceptors (Lipinski definition) is 4. The zero-order chi connectivity index (χ0) is 21.9. The van der Waals surface area contributed by atoms with Gasteiger partial charge in [-0.2, -0.15) is 0 Å². The number of methoxy groups -OCH3 is 1. The number of ether oxygens (including phenoxy) is 1. The van der Waals surface area contributed by atoms with Crippen molar-refractivity contribution < 1.29 is 14.6 Å². The summed E-state index contributed by atoms with van der Waals surface area (Å²) in [7, 11) is 1.70. The minimum absolute atomic E-state index is 0.160. The van der Waals surface area contributed by atoms with Crippen molar-refractivity contribution in [2.75, 3.05) is 13.7 Å². The van der Waals surface area contributed by atoms with Crippen LogP contribution in [-0.4, -0.2) is 39.8 Å². The van der Waals surface area contributed by atoms with E-state index in [-0.39, 0.29) is 11.3 Å². The standard InChI is InChI=1S/C26H40N2O3/c1-24-10-11-26(30,16-31-3)14-18(24)4-5-19-20-6-7-22(25(20,2)9-8-21(19)24)23(29)15-28-13-12-27-17-28/h12-13,17-22,30H,4-11,14-16H2,1-3H3. The lowest BCUT2D eigenvalue weighted by Gasteiger charge is -2.62. The predicted molar refractivity (Wildman–Crippen MR) is 119 cm³/mol. The molecule has 1 heterocycles. The Bertz CT molecular complexity index is 810. The Kier molecular flexibility index (Phi) is 5.37. The van der Waals surface area contributed by atoms with Crippen LogP contribution in [-0.2, 0) is 16.1 Å². The van der Waals surface area contributed by atoms with E-state index >= 15 is 0 Å². The van der Waals surface area contributed by atoms with Crippen molar-refractivity contribution in [2.24, 2.45) is 40.4 Å². The van der Waals surface area contributed by atoms with Crippen LogP contribution >= 0.6 is 0 Å². The van der Waals surface area contributed by atoms with Crippen molar-refractivity contribution in [2.45, 2.75) is 83.8 Å². The molecule has 172 valence electrons. The third kappa shape index (κ3) is 3.42. The topological polar surface area (TPSA) is 64.3 Å². The summed E-state index contributed by atoms with van der Waals surface area (Å²) in [5.41, 5.74) is -0.135. The molecule has 1 N–H and O–H groups in total. The molecule has 5 heteroatoms. The highest BCUT2D eigenvalue weighted by atomic mass is 16.5. The number of Topliss-reactive ketones (excluding diaryl/α,β-unsaturated/α-hetero) is 1. The van der Waals surface area contributed by atoms with Gasteiger partial charge < -0.3 is 14.4 Å². The number of aliphatic hydroxyl groups is 1. The maximum Gasteiger partial charge on any atom is 0.156 e. The van der Waals surface area contributed by atoms with Crippen LogP contribution in [0.1, 0.15) is 71.6 Å². The first-order chi connectivity index (χ1) is 14.8. The third-order valence-electron chi connectivity index (χ3n) is 10.5. The maximum atomic E-state index is 13.3. The molecule has 0 spiro atoms. The number of carbonyl (C=O) groups excluding carboxylic acids is 1. The minimum atomic E-state index is -0.632. The number of rotatable bonds is 5. The fraction of sp³-hybridized carbons (Fsp3) is 0.846. The summed E-state index contributed by atoms with van der Waals surface area (Å²) in [5.74, 6) is 3.39. The third-order valence-corrected chi connectivity index (χ3v) is 10.5. The first-order valence-electron chi connectivity index (χ1n) is 12.5. The lowest BCUT2D eigenvalue weighted by molar-refractivity contribution is -0.164. The average molecular weight is 429 g/mol. The normalized spacial score (nSPS) is 46.8. The molecule has 0 aromatic carbocycles. The molecule has 4 aliphatic carbocycles. The fourth-order valence-corrected chi connectivity index (χ4v) is 8.92. The molecular weight excluding hydrogens is 388 g/mol. The first-order valence-corrected chi connectivity index (χ1v) is 12.5.